The van der Waals surface area contributed by atoms with Crippen molar-refractivity contribution in [2.75, 3.05) is 31.1 Å². The average molecular weight is 383 g/mol. The number of anilines is 1. The van der Waals surface area contributed by atoms with Crippen LogP contribution >= 0.6 is 34.7 Å². The number of piperazine rings is 1. The molecule has 1 aliphatic heterocycles. The number of carbonyl (C=O) groups is 1. The summed E-state index contributed by atoms with van der Waals surface area (Å²) >= 11 is 13.4. The second-order valence-electron chi connectivity index (χ2n) is 6.15. The van der Waals surface area contributed by atoms with Crippen LogP contribution in [0.3, 0.4) is 0 Å². The van der Waals surface area contributed by atoms with Crippen molar-refractivity contribution < 1.29 is 4.79 Å². The maximum Gasteiger partial charge on any atom is 0.254 e. The fraction of sp³-hybridized carbons (Fsp3) is 0.438. The Balaban J connectivity index is 1.40. The van der Waals surface area contributed by atoms with E-state index in [1.54, 1.807) is 18.2 Å². The van der Waals surface area contributed by atoms with Gasteiger partial charge in [0.2, 0.25) is 5.13 Å². The first-order chi connectivity index (χ1) is 11.6. The molecule has 0 spiro atoms. The molecule has 8 heteroatoms. The molecule has 1 saturated heterocycles. The molecule has 0 unspecified atom stereocenters. The third-order valence-corrected chi connectivity index (χ3v) is 5.55. The molecule has 2 heterocycles. The summed E-state index contributed by atoms with van der Waals surface area (Å²) in [5.41, 5.74) is 0.535. The number of carbonyl (C=O) groups excluding carboxylic acids is 1. The van der Waals surface area contributed by atoms with E-state index in [4.69, 9.17) is 23.2 Å². The van der Waals surface area contributed by atoms with Gasteiger partial charge in [0, 0.05) is 59.2 Å². The van der Waals surface area contributed by atoms with E-state index in [1.807, 2.05) is 4.90 Å². The van der Waals surface area contributed by atoms with Gasteiger partial charge in [-0.1, -0.05) is 23.2 Å². The van der Waals surface area contributed by atoms with Gasteiger partial charge < -0.3 is 9.80 Å². The van der Waals surface area contributed by atoms with Crippen molar-refractivity contribution in [2.45, 2.75) is 18.8 Å². The maximum absolute atomic E-state index is 12.6. The van der Waals surface area contributed by atoms with Gasteiger partial charge in [0.25, 0.3) is 5.91 Å². The molecule has 1 aliphatic carbocycles. The summed E-state index contributed by atoms with van der Waals surface area (Å²) in [5, 5.41) is 1.92. The van der Waals surface area contributed by atoms with Crippen molar-refractivity contribution in [3.63, 3.8) is 0 Å². The van der Waals surface area contributed by atoms with Crippen LogP contribution in [0.5, 0.6) is 0 Å². The van der Waals surface area contributed by atoms with Crippen molar-refractivity contribution in [1.29, 1.82) is 0 Å². The van der Waals surface area contributed by atoms with E-state index in [2.05, 4.69) is 14.3 Å². The molecule has 24 heavy (non-hydrogen) atoms. The lowest BCUT2D eigenvalue weighted by Gasteiger charge is -2.34. The molecular weight excluding hydrogens is 367 g/mol. The third kappa shape index (κ3) is 3.36. The van der Waals surface area contributed by atoms with Gasteiger partial charge in [-0.2, -0.15) is 4.37 Å². The van der Waals surface area contributed by atoms with E-state index >= 15 is 0 Å². The van der Waals surface area contributed by atoms with E-state index in [0.29, 0.717) is 34.6 Å². The van der Waals surface area contributed by atoms with Crippen molar-refractivity contribution >= 4 is 45.8 Å². The number of aromatic nitrogens is 2. The van der Waals surface area contributed by atoms with E-state index in [9.17, 15) is 4.79 Å². The number of hydrogen-bond donors (Lipinski definition) is 0. The molecular formula is C16H16Cl2N4OS. The highest BCUT2D eigenvalue weighted by molar-refractivity contribution is 7.09. The van der Waals surface area contributed by atoms with E-state index < -0.39 is 0 Å². The molecule has 0 N–H and O–H groups in total. The van der Waals surface area contributed by atoms with Crippen LogP contribution in [0.25, 0.3) is 0 Å². The number of benzene rings is 1. The highest BCUT2D eigenvalue weighted by Crippen LogP contribution is 2.39. The van der Waals surface area contributed by atoms with Crippen LogP contribution in [0, 0.1) is 0 Å². The number of nitrogens with zero attached hydrogens (tertiary/aromatic N) is 4. The lowest BCUT2D eigenvalue weighted by atomic mass is 10.2. The van der Waals surface area contributed by atoms with Crippen LogP contribution in [0.1, 0.15) is 34.9 Å². The summed E-state index contributed by atoms with van der Waals surface area (Å²) in [5.74, 6) is 1.53. The van der Waals surface area contributed by atoms with Crippen LogP contribution in [-0.2, 0) is 0 Å². The largest absolute Gasteiger partial charge is 0.343 e. The van der Waals surface area contributed by atoms with Gasteiger partial charge in [-0.15, -0.1) is 0 Å². The van der Waals surface area contributed by atoms with Crippen molar-refractivity contribution in [3.8, 4) is 0 Å². The zero-order valence-corrected chi connectivity index (χ0v) is 15.2. The van der Waals surface area contributed by atoms with Gasteiger partial charge in [-0.05, 0) is 31.0 Å². The second-order valence-corrected chi connectivity index (χ2v) is 7.75. The molecule has 0 bridgehead atoms. The molecule has 5 nitrogen and oxygen atoms in total. The Labute approximate surface area is 154 Å². The smallest absolute Gasteiger partial charge is 0.254 e. The number of hydrogen-bond acceptors (Lipinski definition) is 5. The number of rotatable bonds is 3. The van der Waals surface area contributed by atoms with Crippen LogP contribution in [0.2, 0.25) is 10.0 Å². The Morgan fingerprint density at radius 2 is 1.75 bits per heavy atom. The Hall–Kier alpha value is -1.37. The fourth-order valence-corrected chi connectivity index (χ4v) is 4.15. The lowest BCUT2D eigenvalue weighted by Crippen LogP contribution is -2.48. The van der Waals surface area contributed by atoms with Crippen molar-refractivity contribution in [2.24, 2.45) is 0 Å². The molecule has 1 aromatic heterocycles. The fourth-order valence-electron chi connectivity index (χ4n) is 2.82. The predicted molar refractivity (Wildman–Crippen MR) is 96.5 cm³/mol. The summed E-state index contributed by atoms with van der Waals surface area (Å²) < 4.78 is 4.45. The zero-order chi connectivity index (χ0) is 16.7. The van der Waals surface area contributed by atoms with Gasteiger partial charge in [0.1, 0.15) is 5.82 Å². The minimum absolute atomic E-state index is 0.0324. The van der Waals surface area contributed by atoms with Gasteiger partial charge >= 0.3 is 0 Å². The Morgan fingerprint density at radius 1 is 1.08 bits per heavy atom. The number of amides is 1. The Morgan fingerprint density at radius 3 is 2.38 bits per heavy atom. The summed E-state index contributed by atoms with van der Waals surface area (Å²) in [6, 6.07) is 4.95. The van der Waals surface area contributed by atoms with Gasteiger partial charge in [0.05, 0.1) is 0 Å². The standard InChI is InChI=1S/C16H16Cl2N4OS/c17-12-7-11(8-13(18)9-12)15(23)21-3-5-22(6-4-21)16-19-14(20-24-16)10-1-2-10/h7-10H,1-6H2. The van der Waals surface area contributed by atoms with E-state index in [-0.39, 0.29) is 5.91 Å². The molecule has 2 aromatic rings. The van der Waals surface area contributed by atoms with Crippen LogP contribution in [-0.4, -0.2) is 46.3 Å². The van der Waals surface area contributed by atoms with Crippen molar-refractivity contribution in [3.05, 3.63) is 39.6 Å². The maximum atomic E-state index is 12.6. The van der Waals surface area contributed by atoms with Crippen LogP contribution in [0.15, 0.2) is 18.2 Å². The molecule has 1 aromatic carbocycles. The minimum atomic E-state index is -0.0324. The quantitative estimate of drug-likeness (QED) is 0.811. The van der Waals surface area contributed by atoms with E-state index in [0.717, 1.165) is 24.0 Å². The minimum Gasteiger partial charge on any atom is -0.343 e. The molecule has 4 rings (SSSR count). The lowest BCUT2D eigenvalue weighted by molar-refractivity contribution is 0.0747. The first-order valence-electron chi connectivity index (χ1n) is 7.94. The first-order valence-corrected chi connectivity index (χ1v) is 9.47. The zero-order valence-electron chi connectivity index (χ0n) is 12.9. The topological polar surface area (TPSA) is 49.3 Å². The normalized spacial score (nSPS) is 18.1. The van der Waals surface area contributed by atoms with Crippen LogP contribution < -0.4 is 4.90 Å². The summed E-state index contributed by atoms with van der Waals surface area (Å²) in [6.45, 7) is 2.83. The molecule has 2 fully saturated rings. The molecule has 1 amide bonds. The first kappa shape index (κ1) is 16.1. The van der Waals surface area contributed by atoms with Gasteiger partial charge in [-0.25, -0.2) is 4.98 Å². The highest BCUT2D eigenvalue weighted by atomic mass is 35.5. The summed E-state index contributed by atoms with van der Waals surface area (Å²) in [6.07, 6.45) is 2.42. The average Bonchev–Trinajstić information content (AvgIpc) is 3.31. The van der Waals surface area contributed by atoms with Gasteiger partial charge in [0.15, 0.2) is 0 Å². The van der Waals surface area contributed by atoms with Crippen LogP contribution in [0.4, 0.5) is 5.13 Å². The third-order valence-electron chi connectivity index (χ3n) is 4.32. The number of halogens is 2. The van der Waals surface area contributed by atoms with E-state index in [1.165, 1.54) is 24.4 Å². The van der Waals surface area contributed by atoms with Crippen molar-refractivity contribution in [1.82, 2.24) is 14.3 Å². The molecule has 0 atom stereocenters. The van der Waals surface area contributed by atoms with Gasteiger partial charge in [-0.3, -0.25) is 4.79 Å². The molecule has 0 radical (unpaired) electrons. The summed E-state index contributed by atoms with van der Waals surface area (Å²) in [4.78, 5) is 21.3. The molecule has 1 saturated carbocycles. The monoisotopic (exact) mass is 382 g/mol. The molecule has 2 aliphatic rings. The SMILES string of the molecule is O=C(c1cc(Cl)cc(Cl)c1)N1CCN(c2nc(C3CC3)ns2)CC1. The second kappa shape index (κ2) is 6.50. The predicted octanol–water partition coefficient (Wildman–Crippen LogP) is 3.68. The summed E-state index contributed by atoms with van der Waals surface area (Å²) in [7, 11) is 0. The molecule has 126 valence electrons. The highest BCUT2D eigenvalue weighted by Gasteiger charge is 2.30. The Bertz CT molecular complexity index is 749. The Kier molecular flexibility index (Phi) is 4.37.